The molecule has 0 unspecified atom stereocenters. The first-order valence-electron chi connectivity index (χ1n) is 7.18. The third kappa shape index (κ3) is 3.49. The van der Waals surface area contributed by atoms with Crippen LogP contribution in [0.1, 0.15) is 20.7 Å². The molecule has 0 spiro atoms. The summed E-state index contributed by atoms with van der Waals surface area (Å²) in [7, 11) is 1.30. The van der Waals surface area contributed by atoms with Crippen LogP contribution in [-0.2, 0) is 4.74 Å². The smallest absolute Gasteiger partial charge is 0.337 e. The van der Waals surface area contributed by atoms with Crippen LogP contribution in [0.5, 0.6) is 0 Å². The van der Waals surface area contributed by atoms with Crippen LogP contribution in [0.25, 0.3) is 10.4 Å². The number of thiazole rings is 1. The second-order valence-electron chi connectivity index (χ2n) is 4.92. The number of nitrogens with one attached hydrogen (secondary N) is 1. The molecule has 0 bridgehead atoms. The first-order chi connectivity index (χ1) is 11.7. The predicted octanol–water partition coefficient (Wildman–Crippen LogP) is 3.85. The molecule has 0 fully saturated rings. The molecule has 0 aliphatic carbocycles. The SMILES string of the molecule is COC(=O)c1cccc(C(=O)Nc2ncc(-c3ccccc3)s2)c1. The Morgan fingerprint density at radius 2 is 1.79 bits per heavy atom. The molecule has 1 amide bonds. The van der Waals surface area contributed by atoms with Gasteiger partial charge in [-0.3, -0.25) is 10.1 Å². The number of nitrogens with zero attached hydrogens (tertiary/aromatic N) is 1. The van der Waals surface area contributed by atoms with Crippen molar-refractivity contribution in [3.63, 3.8) is 0 Å². The summed E-state index contributed by atoms with van der Waals surface area (Å²) in [4.78, 5) is 29.1. The van der Waals surface area contributed by atoms with Gasteiger partial charge in [0.15, 0.2) is 5.13 Å². The standard InChI is InChI=1S/C18H14N2O3S/c1-23-17(22)14-9-5-8-13(10-14)16(21)20-18-19-11-15(24-18)12-6-3-2-4-7-12/h2-11H,1H3,(H,19,20,21). The van der Waals surface area contributed by atoms with Gasteiger partial charge in [0.25, 0.3) is 5.91 Å². The summed E-state index contributed by atoms with van der Waals surface area (Å²) in [5.74, 6) is -0.806. The number of methoxy groups -OCH3 is 1. The monoisotopic (exact) mass is 338 g/mol. The third-order valence-corrected chi connectivity index (χ3v) is 4.29. The molecule has 0 saturated heterocycles. The molecule has 5 nitrogen and oxygen atoms in total. The molecule has 1 N–H and O–H groups in total. The van der Waals surface area contributed by atoms with Gasteiger partial charge in [-0.25, -0.2) is 9.78 Å². The Kier molecular flexibility index (Phi) is 4.67. The van der Waals surface area contributed by atoms with E-state index in [0.717, 1.165) is 10.4 Å². The normalized spacial score (nSPS) is 10.2. The number of carbonyl (C=O) groups excluding carboxylic acids is 2. The highest BCUT2D eigenvalue weighted by Crippen LogP contribution is 2.28. The molecular weight excluding hydrogens is 324 g/mol. The van der Waals surface area contributed by atoms with Crippen molar-refractivity contribution in [2.75, 3.05) is 12.4 Å². The lowest BCUT2D eigenvalue weighted by Gasteiger charge is -2.04. The van der Waals surface area contributed by atoms with E-state index in [4.69, 9.17) is 0 Å². The maximum Gasteiger partial charge on any atom is 0.337 e. The van der Waals surface area contributed by atoms with Gasteiger partial charge in [0.05, 0.1) is 17.6 Å². The summed E-state index contributed by atoms with van der Waals surface area (Å²) >= 11 is 1.39. The van der Waals surface area contributed by atoms with E-state index in [-0.39, 0.29) is 5.91 Å². The van der Waals surface area contributed by atoms with Gasteiger partial charge >= 0.3 is 5.97 Å². The number of hydrogen-bond acceptors (Lipinski definition) is 5. The van der Waals surface area contributed by atoms with Gasteiger partial charge in [0.1, 0.15) is 0 Å². The average molecular weight is 338 g/mol. The van der Waals surface area contributed by atoms with Gasteiger partial charge in [0, 0.05) is 11.8 Å². The molecule has 0 saturated carbocycles. The van der Waals surface area contributed by atoms with Crippen molar-refractivity contribution in [3.05, 3.63) is 71.9 Å². The number of hydrogen-bond donors (Lipinski definition) is 1. The molecule has 1 aromatic heterocycles. The molecule has 24 heavy (non-hydrogen) atoms. The Morgan fingerprint density at radius 3 is 2.54 bits per heavy atom. The van der Waals surface area contributed by atoms with E-state index in [9.17, 15) is 9.59 Å². The Hall–Kier alpha value is -2.99. The number of benzene rings is 2. The van der Waals surface area contributed by atoms with Crippen LogP contribution in [0.3, 0.4) is 0 Å². The average Bonchev–Trinajstić information content (AvgIpc) is 3.10. The van der Waals surface area contributed by atoms with Crippen LogP contribution < -0.4 is 5.32 Å². The molecule has 3 aromatic rings. The number of rotatable bonds is 4. The van der Waals surface area contributed by atoms with Crippen LogP contribution in [-0.4, -0.2) is 24.0 Å². The maximum absolute atomic E-state index is 12.3. The number of amides is 1. The minimum Gasteiger partial charge on any atom is -0.465 e. The van der Waals surface area contributed by atoms with Crippen LogP contribution in [0, 0.1) is 0 Å². The maximum atomic E-state index is 12.3. The number of aromatic nitrogens is 1. The van der Waals surface area contributed by atoms with Crippen LogP contribution >= 0.6 is 11.3 Å². The van der Waals surface area contributed by atoms with E-state index < -0.39 is 5.97 Å². The zero-order valence-corrected chi connectivity index (χ0v) is 13.7. The Labute approximate surface area is 142 Å². The number of anilines is 1. The topological polar surface area (TPSA) is 68.3 Å². The van der Waals surface area contributed by atoms with Crippen molar-refractivity contribution >= 4 is 28.3 Å². The number of ether oxygens (including phenoxy) is 1. The second-order valence-corrected chi connectivity index (χ2v) is 5.95. The Balaban J connectivity index is 1.76. The largest absolute Gasteiger partial charge is 0.465 e. The van der Waals surface area contributed by atoms with E-state index in [0.29, 0.717) is 16.3 Å². The zero-order chi connectivity index (χ0) is 16.9. The van der Waals surface area contributed by atoms with E-state index in [1.54, 1.807) is 24.4 Å². The molecule has 3 rings (SSSR count). The lowest BCUT2D eigenvalue weighted by Crippen LogP contribution is -2.12. The molecule has 0 radical (unpaired) electrons. The minimum atomic E-state index is -0.481. The molecule has 6 heteroatoms. The Morgan fingerprint density at radius 1 is 1.04 bits per heavy atom. The van der Waals surface area contributed by atoms with E-state index in [1.807, 2.05) is 30.3 Å². The quantitative estimate of drug-likeness (QED) is 0.734. The summed E-state index contributed by atoms with van der Waals surface area (Å²) in [5.41, 5.74) is 1.74. The Bertz CT molecular complexity index is 875. The highest BCUT2D eigenvalue weighted by atomic mass is 32.1. The summed E-state index contributed by atoms with van der Waals surface area (Å²) < 4.78 is 4.66. The number of esters is 1. The van der Waals surface area contributed by atoms with Gasteiger partial charge in [-0.1, -0.05) is 47.7 Å². The summed E-state index contributed by atoms with van der Waals surface area (Å²) in [5, 5.41) is 3.25. The summed E-state index contributed by atoms with van der Waals surface area (Å²) in [6.45, 7) is 0. The van der Waals surface area contributed by atoms with Crippen molar-refractivity contribution in [2.24, 2.45) is 0 Å². The van der Waals surface area contributed by atoms with Gasteiger partial charge in [-0.2, -0.15) is 0 Å². The minimum absolute atomic E-state index is 0.324. The van der Waals surface area contributed by atoms with E-state index in [1.165, 1.54) is 24.5 Å². The number of carbonyl (C=O) groups is 2. The zero-order valence-electron chi connectivity index (χ0n) is 12.9. The first-order valence-corrected chi connectivity index (χ1v) is 8.00. The van der Waals surface area contributed by atoms with Crippen molar-refractivity contribution in [1.29, 1.82) is 0 Å². The fourth-order valence-electron chi connectivity index (χ4n) is 2.14. The van der Waals surface area contributed by atoms with Gasteiger partial charge in [-0.05, 0) is 23.8 Å². The van der Waals surface area contributed by atoms with Crippen molar-refractivity contribution < 1.29 is 14.3 Å². The van der Waals surface area contributed by atoms with Crippen molar-refractivity contribution in [1.82, 2.24) is 4.98 Å². The molecule has 2 aromatic carbocycles. The molecule has 0 aliphatic rings. The highest BCUT2D eigenvalue weighted by Gasteiger charge is 2.12. The lowest BCUT2D eigenvalue weighted by molar-refractivity contribution is 0.0600. The molecule has 120 valence electrons. The highest BCUT2D eigenvalue weighted by molar-refractivity contribution is 7.19. The molecular formula is C18H14N2O3S. The second kappa shape index (κ2) is 7.06. The summed E-state index contributed by atoms with van der Waals surface area (Å²) in [6, 6.07) is 16.2. The van der Waals surface area contributed by atoms with Gasteiger partial charge in [-0.15, -0.1) is 0 Å². The fourth-order valence-corrected chi connectivity index (χ4v) is 2.96. The van der Waals surface area contributed by atoms with Crippen LogP contribution in [0.15, 0.2) is 60.8 Å². The van der Waals surface area contributed by atoms with Gasteiger partial charge < -0.3 is 4.74 Å². The van der Waals surface area contributed by atoms with E-state index >= 15 is 0 Å². The molecule has 0 aliphatic heterocycles. The van der Waals surface area contributed by atoms with E-state index in [2.05, 4.69) is 15.0 Å². The lowest BCUT2D eigenvalue weighted by atomic mass is 10.1. The van der Waals surface area contributed by atoms with Crippen LogP contribution in [0.4, 0.5) is 5.13 Å². The van der Waals surface area contributed by atoms with Gasteiger partial charge in [0.2, 0.25) is 0 Å². The molecule has 1 heterocycles. The third-order valence-electron chi connectivity index (χ3n) is 3.33. The summed E-state index contributed by atoms with van der Waals surface area (Å²) in [6.07, 6.45) is 1.72. The van der Waals surface area contributed by atoms with Crippen molar-refractivity contribution in [3.8, 4) is 10.4 Å². The van der Waals surface area contributed by atoms with Crippen molar-refractivity contribution in [2.45, 2.75) is 0 Å². The predicted molar refractivity (Wildman–Crippen MR) is 93.3 cm³/mol. The fraction of sp³-hybridized carbons (Fsp3) is 0.0556. The van der Waals surface area contributed by atoms with Crippen LogP contribution in [0.2, 0.25) is 0 Å². The molecule has 0 atom stereocenters. The first kappa shape index (κ1) is 15.9.